The molecule has 0 N–H and O–H groups in total. The van der Waals surface area contributed by atoms with E-state index < -0.39 is 0 Å². The molecule has 5 nitrogen and oxygen atoms in total. The zero-order chi connectivity index (χ0) is 15.7. The molecule has 21 heavy (non-hydrogen) atoms. The molecule has 0 unspecified atom stereocenters. The van der Waals surface area contributed by atoms with Crippen LogP contribution in [-0.4, -0.2) is 58.9 Å². The first-order chi connectivity index (χ1) is 10.2. The van der Waals surface area contributed by atoms with Crippen molar-refractivity contribution >= 4 is 33.6 Å². The molecule has 0 spiro atoms. The monoisotopic (exact) mass is 374 g/mol. The van der Waals surface area contributed by atoms with Gasteiger partial charge in [0.2, 0.25) is 0 Å². The Morgan fingerprint density at radius 1 is 1.24 bits per heavy atom. The maximum atomic E-state index is 5.29. The molecule has 1 aromatic heterocycles. The van der Waals surface area contributed by atoms with Gasteiger partial charge in [0.15, 0.2) is 0 Å². The predicted octanol–water partition coefficient (Wildman–Crippen LogP) is 1.64. The molecule has 0 bridgehead atoms. The van der Waals surface area contributed by atoms with E-state index in [-0.39, 0.29) is 0 Å². The summed E-state index contributed by atoms with van der Waals surface area (Å²) in [5, 5.41) is 8.87. The zero-order valence-electron chi connectivity index (χ0n) is 12.0. The number of aromatic nitrogens is 1. The van der Waals surface area contributed by atoms with Crippen molar-refractivity contribution in [1.82, 2.24) is 14.8 Å². The van der Waals surface area contributed by atoms with Crippen molar-refractivity contribution in [1.29, 1.82) is 0 Å². The molecule has 0 radical (unpaired) electrons. The first kappa shape index (κ1) is 18.3. The second-order valence-corrected chi connectivity index (χ2v) is 4.94. The van der Waals surface area contributed by atoms with Gasteiger partial charge in [0, 0.05) is 37.5 Å². The molecule has 1 fully saturated rings. The maximum absolute atomic E-state index is 5.29. The average Bonchev–Trinajstić information content (AvgIpc) is 2.55. The molecule has 119 valence electrons. The van der Waals surface area contributed by atoms with Gasteiger partial charge in [-0.05, 0) is 26.1 Å². The van der Waals surface area contributed by atoms with Gasteiger partial charge in [0.05, 0.1) is 11.4 Å². The van der Waals surface area contributed by atoms with Crippen LogP contribution in [0.15, 0.2) is 34.6 Å². The number of rotatable bonds is 2. The van der Waals surface area contributed by atoms with Gasteiger partial charge in [-0.25, -0.2) is 0 Å². The quantitative estimate of drug-likeness (QED) is 0.259. The molecule has 8 heteroatoms. The third-order valence-corrected chi connectivity index (χ3v) is 3.43. The number of hydrogen-bond acceptors (Lipinski definition) is 5. The molecule has 0 atom stereocenters. The van der Waals surface area contributed by atoms with Crippen LogP contribution in [0.25, 0.3) is 0 Å². The third-order valence-electron chi connectivity index (χ3n) is 3.09. The summed E-state index contributed by atoms with van der Waals surface area (Å²) in [5.41, 5.74) is 1.60. The molecule has 1 aliphatic heterocycles. The van der Waals surface area contributed by atoms with E-state index in [2.05, 4.69) is 57.2 Å². The number of piperazine rings is 1. The molecular weight excluding hydrogens is 357 g/mol. The number of nitrogens with zero attached hydrogens (tertiary/aromatic N) is 5. The average molecular weight is 375 g/mol. The summed E-state index contributed by atoms with van der Waals surface area (Å²) >= 11 is 8.95. The molecule has 0 aromatic carbocycles. The normalized spacial score (nSPS) is 17.3. The number of halogens is 1. The van der Waals surface area contributed by atoms with Gasteiger partial charge < -0.3 is 22.4 Å². The summed E-state index contributed by atoms with van der Waals surface area (Å²) in [5.74, 6) is 0. The van der Waals surface area contributed by atoms with Gasteiger partial charge in [0.1, 0.15) is 0 Å². The minimum atomic E-state index is 0.559. The van der Waals surface area contributed by atoms with E-state index in [1.165, 1.54) is 0 Å². The summed E-state index contributed by atoms with van der Waals surface area (Å²) in [6.45, 7) is 5.74. The van der Waals surface area contributed by atoms with Crippen LogP contribution >= 0.6 is 10.1 Å². The van der Waals surface area contributed by atoms with Crippen molar-refractivity contribution < 1.29 is 15.1 Å². The second kappa shape index (κ2) is 10.1. The van der Waals surface area contributed by atoms with Crippen LogP contribution in [0, 0.1) is 0 Å². The molecule has 2 rings (SSSR count). The van der Waals surface area contributed by atoms with Crippen molar-refractivity contribution in [3.63, 3.8) is 0 Å². The van der Waals surface area contributed by atoms with Crippen LogP contribution in [0.3, 0.4) is 0 Å². The van der Waals surface area contributed by atoms with Gasteiger partial charge in [-0.1, -0.05) is 6.07 Å². The van der Waals surface area contributed by atoms with Crippen molar-refractivity contribution in [2.24, 2.45) is 10.2 Å². The Morgan fingerprint density at radius 2 is 1.90 bits per heavy atom. The van der Waals surface area contributed by atoms with Gasteiger partial charge in [0.25, 0.3) is 0 Å². The van der Waals surface area contributed by atoms with Crippen molar-refractivity contribution in [2.75, 3.05) is 33.2 Å². The molecule has 1 aliphatic rings. The van der Waals surface area contributed by atoms with Crippen LogP contribution in [-0.2, 0) is 27.7 Å². The van der Waals surface area contributed by atoms with Gasteiger partial charge in [-0.3, -0.25) is 4.98 Å². The fraction of sp³-hybridized carbons (Fsp3) is 0.462. The van der Waals surface area contributed by atoms with E-state index in [1.54, 1.807) is 6.20 Å². The Balaban J connectivity index is 0.00000106. The second-order valence-electron chi connectivity index (χ2n) is 4.57. The van der Waals surface area contributed by atoms with Crippen molar-refractivity contribution in [3.8, 4) is 0 Å². The number of amidine groups is 1. The van der Waals surface area contributed by atoms with Gasteiger partial charge in [-0.2, -0.15) is 10.2 Å². The Bertz CT molecular complexity index is 475. The molecular formula is C13H18ClCuN5S. The summed E-state index contributed by atoms with van der Waals surface area (Å²) in [4.78, 5) is 8.59. The van der Waals surface area contributed by atoms with Gasteiger partial charge >= 0.3 is 25.2 Å². The van der Waals surface area contributed by atoms with E-state index in [0.717, 1.165) is 37.6 Å². The summed E-state index contributed by atoms with van der Waals surface area (Å²) in [6.07, 6.45) is 1.74. The zero-order valence-corrected chi connectivity index (χ0v) is 14.5. The number of likely N-dealkylation sites (N-methyl/N-ethyl adjacent to an activating group) is 1. The first-order valence-corrected chi connectivity index (χ1v) is 8.13. The Labute approximate surface area is 143 Å². The standard InChI is InChI=1S/C13H19N5S.ClH.Cu/c1-11(12-5-3-4-6-14-12)15-16-13(19)18-9-7-17(2)8-10-18;;/h3-6H,7-10H2,1-2H3,(H,16,19);1H;/q;;+2/p-2/b15-11+;;. The molecule has 0 saturated carbocycles. The molecule has 0 amide bonds. The van der Waals surface area contributed by atoms with Crippen LogP contribution in [0.1, 0.15) is 12.6 Å². The first-order valence-electron chi connectivity index (χ1n) is 6.42. The van der Waals surface area contributed by atoms with E-state index in [9.17, 15) is 0 Å². The van der Waals surface area contributed by atoms with Crippen LogP contribution in [0.2, 0.25) is 0 Å². The molecule has 1 saturated heterocycles. The Morgan fingerprint density at radius 3 is 2.48 bits per heavy atom. The van der Waals surface area contributed by atoms with Crippen molar-refractivity contribution in [2.45, 2.75) is 6.92 Å². The SMILES string of the molecule is C/C(=N\N=C(/[S-])N1CCN(C)CC1)c1ccccn1.[Cl][Cu+]. The summed E-state index contributed by atoms with van der Waals surface area (Å²) < 4.78 is 0. The molecule has 2 heterocycles. The Kier molecular flexibility index (Phi) is 8.80. The Hall–Kier alpha value is -0.721. The predicted molar refractivity (Wildman–Crippen MR) is 86.2 cm³/mol. The third kappa shape index (κ3) is 6.28. The van der Waals surface area contributed by atoms with Crippen LogP contribution in [0.4, 0.5) is 0 Å². The molecule has 0 aliphatic carbocycles. The van der Waals surface area contributed by atoms with Crippen LogP contribution in [0.5, 0.6) is 0 Å². The number of pyridine rings is 1. The fourth-order valence-electron chi connectivity index (χ4n) is 1.81. The minimum absolute atomic E-state index is 0.559. The summed E-state index contributed by atoms with van der Waals surface area (Å²) in [7, 11) is 6.31. The van der Waals surface area contributed by atoms with Gasteiger partial charge in [-0.15, -0.1) is 0 Å². The fourth-order valence-corrected chi connectivity index (χ4v) is 2.03. The van der Waals surface area contributed by atoms with E-state index in [0.29, 0.717) is 5.17 Å². The van der Waals surface area contributed by atoms with E-state index in [1.807, 2.05) is 25.1 Å². The molecule has 1 aromatic rings. The van der Waals surface area contributed by atoms with Crippen molar-refractivity contribution in [3.05, 3.63) is 30.1 Å². The summed E-state index contributed by atoms with van der Waals surface area (Å²) in [6, 6.07) is 5.72. The number of hydrogen-bond donors (Lipinski definition) is 0. The van der Waals surface area contributed by atoms with Crippen LogP contribution < -0.4 is 0 Å². The topological polar surface area (TPSA) is 44.1 Å². The van der Waals surface area contributed by atoms with E-state index >= 15 is 0 Å². The van der Waals surface area contributed by atoms with E-state index in [4.69, 9.17) is 12.6 Å².